The second-order valence-electron chi connectivity index (χ2n) is 3.82. The van der Waals surface area contributed by atoms with Crippen molar-refractivity contribution in [1.29, 1.82) is 0 Å². The maximum absolute atomic E-state index is 12.0. The predicted molar refractivity (Wildman–Crippen MR) is 70.0 cm³/mol. The molecule has 5 nitrogen and oxygen atoms in total. The second kappa shape index (κ2) is 4.99. The zero-order chi connectivity index (χ0) is 13.2. The number of alkyl halides is 1. The van der Waals surface area contributed by atoms with Gasteiger partial charge in [-0.05, 0) is 17.7 Å². The molecule has 7 heteroatoms. The van der Waals surface area contributed by atoms with Gasteiger partial charge in [0.15, 0.2) is 5.03 Å². The molecule has 1 heterocycles. The van der Waals surface area contributed by atoms with E-state index < -0.39 is 10.0 Å². The number of rotatable bonds is 4. The van der Waals surface area contributed by atoms with Gasteiger partial charge in [0.1, 0.15) is 0 Å². The summed E-state index contributed by atoms with van der Waals surface area (Å²) >= 11 is 5.70. The van der Waals surface area contributed by atoms with Gasteiger partial charge < -0.3 is 4.57 Å². The fourth-order valence-corrected chi connectivity index (χ4v) is 2.65. The smallest absolute Gasteiger partial charge is 0.280 e. The van der Waals surface area contributed by atoms with Crippen molar-refractivity contribution in [2.45, 2.75) is 10.9 Å². The first-order chi connectivity index (χ1) is 8.51. The Morgan fingerprint density at radius 2 is 2.22 bits per heavy atom. The molecule has 2 rings (SSSR count). The molecule has 0 saturated carbocycles. The maximum atomic E-state index is 12.0. The van der Waals surface area contributed by atoms with Crippen LogP contribution in [0.5, 0.6) is 0 Å². The molecular weight excluding hydrogens is 274 g/mol. The molecule has 0 radical (unpaired) electrons. The first-order valence-corrected chi connectivity index (χ1v) is 7.19. The van der Waals surface area contributed by atoms with Crippen LogP contribution in [0.3, 0.4) is 0 Å². The van der Waals surface area contributed by atoms with Gasteiger partial charge in [-0.2, -0.15) is 8.42 Å². The summed E-state index contributed by atoms with van der Waals surface area (Å²) in [5.74, 6) is 0.332. The Labute approximate surface area is 110 Å². The van der Waals surface area contributed by atoms with Gasteiger partial charge in [-0.3, -0.25) is 4.72 Å². The highest BCUT2D eigenvalue weighted by Gasteiger charge is 2.16. The minimum absolute atomic E-state index is 0.0127. The number of sulfonamides is 1. The molecule has 0 aliphatic carbocycles. The SMILES string of the molecule is Cn1cnc(S(=O)(=O)Nc2cccc(CCl)c2)c1. The van der Waals surface area contributed by atoms with Crippen LogP contribution in [0.15, 0.2) is 41.8 Å². The minimum Gasteiger partial charge on any atom is -0.339 e. The molecule has 0 spiro atoms. The summed E-state index contributed by atoms with van der Waals surface area (Å²) in [6, 6.07) is 6.92. The van der Waals surface area contributed by atoms with Crippen molar-refractivity contribution in [3.05, 3.63) is 42.4 Å². The Morgan fingerprint density at radius 1 is 1.44 bits per heavy atom. The number of hydrogen-bond acceptors (Lipinski definition) is 3. The van der Waals surface area contributed by atoms with Crippen molar-refractivity contribution >= 4 is 27.3 Å². The van der Waals surface area contributed by atoms with Gasteiger partial charge in [0.05, 0.1) is 6.33 Å². The van der Waals surface area contributed by atoms with Crippen LogP contribution in [0.4, 0.5) is 5.69 Å². The Kier molecular flexibility index (Phi) is 3.58. The Hall–Kier alpha value is -1.53. The van der Waals surface area contributed by atoms with Gasteiger partial charge in [0, 0.05) is 24.8 Å². The number of nitrogens with zero attached hydrogens (tertiary/aromatic N) is 2. The third-order valence-corrected chi connectivity index (χ3v) is 3.86. The summed E-state index contributed by atoms with van der Waals surface area (Å²) < 4.78 is 28.0. The Bertz CT molecular complexity index is 652. The largest absolute Gasteiger partial charge is 0.339 e. The highest BCUT2D eigenvalue weighted by Crippen LogP contribution is 2.16. The lowest BCUT2D eigenvalue weighted by Gasteiger charge is -2.06. The Morgan fingerprint density at radius 3 is 2.83 bits per heavy atom. The lowest BCUT2D eigenvalue weighted by atomic mass is 10.2. The van der Waals surface area contributed by atoms with Crippen molar-refractivity contribution in [3.63, 3.8) is 0 Å². The average Bonchev–Trinajstić information content (AvgIpc) is 2.76. The number of benzene rings is 1. The third kappa shape index (κ3) is 2.83. The number of nitrogens with one attached hydrogen (secondary N) is 1. The standard InChI is InChI=1S/C11H12ClN3O2S/c1-15-7-11(13-8-15)18(16,17)14-10-4-2-3-9(5-10)6-12/h2-5,7-8,14H,6H2,1H3. The maximum Gasteiger partial charge on any atom is 0.280 e. The first-order valence-electron chi connectivity index (χ1n) is 5.17. The molecule has 18 heavy (non-hydrogen) atoms. The molecule has 1 N–H and O–H groups in total. The Balaban J connectivity index is 2.27. The molecule has 0 unspecified atom stereocenters. The summed E-state index contributed by atoms with van der Waals surface area (Å²) in [7, 11) is -1.93. The van der Waals surface area contributed by atoms with E-state index >= 15 is 0 Å². The fourth-order valence-electron chi connectivity index (χ4n) is 1.45. The number of halogens is 1. The van der Waals surface area contributed by atoms with Crippen LogP contribution >= 0.6 is 11.6 Å². The monoisotopic (exact) mass is 285 g/mol. The third-order valence-electron chi connectivity index (χ3n) is 2.29. The van der Waals surface area contributed by atoms with Gasteiger partial charge in [0.2, 0.25) is 0 Å². The van der Waals surface area contributed by atoms with Crippen molar-refractivity contribution in [1.82, 2.24) is 9.55 Å². The molecule has 0 aliphatic rings. The molecule has 2 aromatic rings. The summed E-state index contributed by atoms with van der Waals surface area (Å²) in [5, 5.41) is -0.0127. The highest BCUT2D eigenvalue weighted by molar-refractivity contribution is 7.92. The predicted octanol–water partition coefficient (Wildman–Crippen LogP) is 1.96. The van der Waals surface area contributed by atoms with Gasteiger partial charge in [-0.25, -0.2) is 4.98 Å². The zero-order valence-corrected chi connectivity index (χ0v) is 11.2. The van der Waals surface area contributed by atoms with Crippen LogP contribution in [0, 0.1) is 0 Å². The normalized spacial score (nSPS) is 11.4. The van der Waals surface area contributed by atoms with E-state index in [-0.39, 0.29) is 5.03 Å². The van der Waals surface area contributed by atoms with E-state index in [2.05, 4.69) is 9.71 Å². The van der Waals surface area contributed by atoms with E-state index in [0.717, 1.165) is 5.56 Å². The summed E-state index contributed by atoms with van der Waals surface area (Å²) in [6.07, 6.45) is 2.87. The molecule has 96 valence electrons. The highest BCUT2D eigenvalue weighted by atomic mass is 35.5. The number of hydrogen-bond donors (Lipinski definition) is 1. The number of imidazole rings is 1. The molecule has 1 aromatic carbocycles. The topological polar surface area (TPSA) is 64.0 Å². The van der Waals surface area contributed by atoms with Crippen LogP contribution in [0.2, 0.25) is 0 Å². The van der Waals surface area contributed by atoms with Crippen LogP contribution in [0.1, 0.15) is 5.56 Å². The van der Waals surface area contributed by atoms with Crippen molar-refractivity contribution in [3.8, 4) is 0 Å². The summed E-state index contributed by atoms with van der Waals surface area (Å²) in [4.78, 5) is 3.81. The van der Waals surface area contributed by atoms with Gasteiger partial charge in [-0.1, -0.05) is 12.1 Å². The van der Waals surface area contributed by atoms with E-state index in [9.17, 15) is 8.42 Å². The van der Waals surface area contributed by atoms with E-state index in [0.29, 0.717) is 11.6 Å². The molecule has 1 aromatic heterocycles. The van der Waals surface area contributed by atoms with E-state index in [4.69, 9.17) is 11.6 Å². The summed E-state index contributed by atoms with van der Waals surface area (Å²) in [5.41, 5.74) is 1.32. The van der Waals surface area contributed by atoms with E-state index in [1.807, 2.05) is 6.07 Å². The average molecular weight is 286 g/mol. The molecule has 0 bridgehead atoms. The number of aromatic nitrogens is 2. The van der Waals surface area contributed by atoms with Crippen molar-refractivity contribution < 1.29 is 8.42 Å². The van der Waals surface area contributed by atoms with E-state index in [1.165, 1.54) is 12.5 Å². The fraction of sp³-hybridized carbons (Fsp3) is 0.182. The number of anilines is 1. The molecule has 0 fully saturated rings. The van der Waals surface area contributed by atoms with Crippen molar-refractivity contribution in [2.75, 3.05) is 4.72 Å². The quantitative estimate of drug-likeness (QED) is 0.874. The summed E-state index contributed by atoms with van der Waals surface area (Å²) in [6.45, 7) is 0. The zero-order valence-electron chi connectivity index (χ0n) is 9.67. The van der Waals surface area contributed by atoms with Crippen LogP contribution < -0.4 is 4.72 Å². The first kappa shape index (κ1) is 12.9. The molecule has 0 amide bonds. The van der Waals surface area contributed by atoms with Crippen molar-refractivity contribution in [2.24, 2.45) is 7.05 Å². The lowest BCUT2D eigenvalue weighted by Crippen LogP contribution is -2.13. The molecule has 0 atom stereocenters. The number of aryl methyl sites for hydroxylation is 1. The van der Waals surface area contributed by atoms with Crippen LogP contribution in [-0.2, 0) is 23.0 Å². The van der Waals surface area contributed by atoms with Crippen LogP contribution in [0.25, 0.3) is 0 Å². The second-order valence-corrected chi connectivity index (χ2v) is 5.71. The molecule has 0 saturated heterocycles. The minimum atomic E-state index is -3.64. The van der Waals surface area contributed by atoms with E-state index in [1.54, 1.807) is 29.8 Å². The van der Waals surface area contributed by atoms with Gasteiger partial charge in [0.25, 0.3) is 10.0 Å². The lowest BCUT2D eigenvalue weighted by molar-refractivity contribution is 0.598. The molecule has 0 aliphatic heterocycles. The van der Waals surface area contributed by atoms with Gasteiger partial charge >= 0.3 is 0 Å². The molecular formula is C11H12ClN3O2S. The van der Waals surface area contributed by atoms with Gasteiger partial charge in [-0.15, -0.1) is 11.6 Å². The van der Waals surface area contributed by atoms with Crippen LogP contribution in [-0.4, -0.2) is 18.0 Å².